The summed E-state index contributed by atoms with van der Waals surface area (Å²) in [4.78, 5) is 33.6. The van der Waals surface area contributed by atoms with Gasteiger partial charge in [0.15, 0.2) is 24.0 Å². The van der Waals surface area contributed by atoms with Crippen LogP contribution in [0.25, 0.3) is 11.6 Å². The third kappa shape index (κ3) is 3.29. The normalized spacial score (nSPS) is 24.6. The molecule has 3 aliphatic heterocycles. The first-order valence-corrected chi connectivity index (χ1v) is 12.6. The van der Waals surface area contributed by atoms with Crippen LogP contribution < -0.4 is 21.1 Å². The minimum absolute atomic E-state index is 0.0464. The van der Waals surface area contributed by atoms with Crippen molar-refractivity contribution >= 4 is 17.9 Å². The molecule has 5 heterocycles. The second-order valence-electron chi connectivity index (χ2n) is 10.4. The number of fused-ring (bicyclic) bond motifs is 4. The average Bonchev–Trinajstić information content (AvgIpc) is 3.67. The lowest BCUT2D eigenvalue weighted by atomic mass is 9.72. The molecule has 10 nitrogen and oxygen atoms in total. The van der Waals surface area contributed by atoms with E-state index in [1.54, 1.807) is 6.07 Å². The van der Waals surface area contributed by atoms with Crippen LogP contribution in [-0.4, -0.2) is 34.4 Å². The smallest absolute Gasteiger partial charge is 0.249 e. The first kappa shape index (κ1) is 23.6. The number of hydrogen-bond acceptors (Lipinski definition) is 9. The quantitative estimate of drug-likeness (QED) is 0.340. The van der Waals surface area contributed by atoms with Crippen molar-refractivity contribution in [3.63, 3.8) is 0 Å². The van der Waals surface area contributed by atoms with E-state index in [1.165, 1.54) is 18.4 Å². The maximum Gasteiger partial charge on any atom is 0.249 e. The molecule has 11 heteroatoms. The number of aldehydes is 1. The first-order chi connectivity index (χ1) is 18.8. The molecule has 4 N–H and O–H groups in total. The van der Waals surface area contributed by atoms with E-state index in [4.69, 9.17) is 24.3 Å². The molecule has 39 heavy (non-hydrogen) atoms. The Labute approximate surface area is 221 Å². The number of oxazole rings is 2. The summed E-state index contributed by atoms with van der Waals surface area (Å²) < 4.78 is 33.5. The number of aromatic nitrogens is 2. The van der Waals surface area contributed by atoms with Crippen LogP contribution in [0.1, 0.15) is 58.7 Å². The van der Waals surface area contributed by atoms with Crippen molar-refractivity contribution in [2.24, 2.45) is 11.7 Å². The predicted molar refractivity (Wildman–Crippen MR) is 136 cm³/mol. The summed E-state index contributed by atoms with van der Waals surface area (Å²) in [6.45, 7) is 3.84. The van der Waals surface area contributed by atoms with E-state index in [0.29, 0.717) is 34.6 Å². The monoisotopic (exact) mass is 529 g/mol. The third-order valence-electron chi connectivity index (χ3n) is 7.67. The number of carbonyl (C=O) groups excluding carboxylic acids is 2. The molecule has 4 bridgehead atoms. The molecule has 0 aliphatic carbocycles. The molecule has 2 aromatic heterocycles. The van der Waals surface area contributed by atoms with Crippen molar-refractivity contribution < 1.29 is 27.6 Å². The zero-order chi connectivity index (χ0) is 27.1. The fraction of sp³-hybridized carbons (Fsp3) is 0.286. The Morgan fingerprint density at radius 3 is 2.77 bits per heavy atom. The van der Waals surface area contributed by atoms with Crippen LogP contribution >= 0.6 is 0 Å². The molecule has 0 saturated carbocycles. The third-order valence-corrected chi connectivity index (χ3v) is 7.67. The summed E-state index contributed by atoms with van der Waals surface area (Å²) >= 11 is 0. The van der Waals surface area contributed by atoms with E-state index in [0.717, 1.165) is 5.56 Å². The fourth-order valence-electron chi connectivity index (χ4n) is 5.82. The number of amides is 1. The Hall–Kier alpha value is -4.51. The van der Waals surface area contributed by atoms with Crippen LogP contribution in [0.3, 0.4) is 0 Å². The van der Waals surface area contributed by atoms with Crippen molar-refractivity contribution in [2.75, 3.05) is 5.32 Å². The number of benzene rings is 2. The molecular weight excluding hydrogens is 505 g/mol. The molecule has 0 unspecified atom stereocenters. The van der Waals surface area contributed by atoms with Gasteiger partial charge in [-0.15, -0.1) is 0 Å². The average molecular weight is 530 g/mol. The van der Waals surface area contributed by atoms with Gasteiger partial charge in [0.2, 0.25) is 17.7 Å². The SMILES string of the molecule is CC(C)[C@@H]1NC(=O)[C@@H](N)Cc2ccc3c(c2)[C@@]2(c4cc(F)ccc4N[C@@H]2O3)c2oc1nc2-c1nc(C=O)co1. The van der Waals surface area contributed by atoms with E-state index >= 15 is 0 Å². The molecule has 3 aliphatic rings. The van der Waals surface area contributed by atoms with Gasteiger partial charge in [-0.3, -0.25) is 9.59 Å². The lowest BCUT2D eigenvalue weighted by Gasteiger charge is -2.28. The number of nitrogens with one attached hydrogen (secondary N) is 2. The lowest BCUT2D eigenvalue weighted by Crippen LogP contribution is -2.45. The van der Waals surface area contributed by atoms with E-state index in [-0.39, 0.29) is 41.4 Å². The Bertz CT molecular complexity index is 1660. The van der Waals surface area contributed by atoms with Gasteiger partial charge in [0.25, 0.3) is 0 Å². The number of hydrogen-bond donors (Lipinski definition) is 3. The Kier molecular flexibility index (Phi) is 4.99. The number of halogens is 1. The highest BCUT2D eigenvalue weighted by Crippen LogP contribution is 2.59. The highest BCUT2D eigenvalue weighted by molar-refractivity contribution is 5.83. The number of nitrogens with zero attached hydrogens (tertiary/aromatic N) is 2. The lowest BCUT2D eigenvalue weighted by molar-refractivity contribution is -0.123. The second-order valence-corrected chi connectivity index (χ2v) is 10.4. The number of ether oxygens (including phenoxy) is 1. The summed E-state index contributed by atoms with van der Waals surface area (Å²) in [6.07, 6.45) is 1.35. The summed E-state index contributed by atoms with van der Waals surface area (Å²) in [5, 5.41) is 6.35. The molecule has 0 fully saturated rings. The van der Waals surface area contributed by atoms with Crippen LogP contribution in [0.5, 0.6) is 5.75 Å². The molecule has 7 rings (SSSR count). The van der Waals surface area contributed by atoms with Gasteiger partial charge in [0.05, 0.1) is 6.04 Å². The van der Waals surface area contributed by atoms with Gasteiger partial charge in [0.1, 0.15) is 35.0 Å². The highest BCUT2D eigenvalue weighted by Gasteiger charge is 2.61. The van der Waals surface area contributed by atoms with Gasteiger partial charge in [-0.1, -0.05) is 26.0 Å². The number of rotatable bonds is 3. The number of carbonyl (C=O) groups is 2. The van der Waals surface area contributed by atoms with Crippen molar-refractivity contribution in [3.05, 3.63) is 82.5 Å². The molecule has 0 radical (unpaired) electrons. The zero-order valence-corrected chi connectivity index (χ0v) is 21.0. The van der Waals surface area contributed by atoms with Gasteiger partial charge in [-0.2, -0.15) is 0 Å². The second kappa shape index (κ2) is 8.24. The van der Waals surface area contributed by atoms with E-state index < -0.39 is 29.5 Å². The van der Waals surface area contributed by atoms with E-state index in [9.17, 15) is 14.0 Å². The van der Waals surface area contributed by atoms with Gasteiger partial charge < -0.3 is 29.9 Å². The molecule has 0 saturated heterocycles. The van der Waals surface area contributed by atoms with Crippen LogP contribution in [-0.2, 0) is 16.6 Å². The maximum absolute atomic E-state index is 14.8. The molecule has 4 atom stereocenters. The Morgan fingerprint density at radius 2 is 2.00 bits per heavy atom. The van der Waals surface area contributed by atoms with E-state index in [1.807, 2.05) is 32.0 Å². The number of nitrogens with two attached hydrogens (primary N) is 1. The highest BCUT2D eigenvalue weighted by atomic mass is 19.1. The predicted octanol–water partition coefficient (Wildman–Crippen LogP) is 3.46. The van der Waals surface area contributed by atoms with Gasteiger partial charge in [0, 0.05) is 16.8 Å². The van der Waals surface area contributed by atoms with E-state index in [2.05, 4.69) is 15.6 Å². The van der Waals surface area contributed by atoms with Crippen molar-refractivity contribution in [3.8, 4) is 17.3 Å². The molecule has 1 amide bonds. The molecular formula is C28H24FN5O5. The molecule has 2 aromatic carbocycles. The van der Waals surface area contributed by atoms with Gasteiger partial charge >= 0.3 is 0 Å². The summed E-state index contributed by atoms with van der Waals surface area (Å²) in [5.41, 5.74) is 8.17. The van der Waals surface area contributed by atoms with Crippen LogP contribution in [0.4, 0.5) is 10.1 Å². The maximum atomic E-state index is 14.8. The summed E-state index contributed by atoms with van der Waals surface area (Å²) in [7, 11) is 0. The topological polar surface area (TPSA) is 146 Å². The molecule has 198 valence electrons. The van der Waals surface area contributed by atoms with Crippen LogP contribution in [0.15, 0.2) is 51.5 Å². The molecule has 4 aromatic rings. The standard InChI is InChI=1S/C28H24FN5O5/c1-12(2)21-26-34-22(25-31-15(10-35)11-37-25)23(39-26)28-16-9-14(29)4-5-19(16)32-27(28)38-20-6-3-13(7-17(20)28)8-18(30)24(36)33-21/h3-7,9-12,18,21,27,32H,8,30H2,1-2H3,(H,33,36)/t18-,21-,27+,28-/m0/s1. The van der Waals surface area contributed by atoms with Crippen LogP contribution in [0, 0.1) is 11.7 Å². The van der Waals surface area contributed by atoms with Crippen molar-refractivity contribution in [1.82, 2.24) is 15.3 Å². The zero-order valence-electron chi connectivity index (χ0n) is 21.0. The minimum atomic E-state index is -1.20. The van der Waals surface area contributed by atoms with Crippen molar-refractivity contribution in [1.29, 1.82) is 0 Å². The Morgan fingerprint density at radius 1 is 1.15 bits per heavy atom. The van der Waals surface area contributed by atoms with Crippen LogP contribution in [0.2, 0.25) is 0 Å². The minimum Gasteiger partial charge on any atom is -0.469 e. The molecule has 1 spiro atoms. The summed E-state index contributed by atoms with van der Waals surface area (Å²) in [5.74, 6) is 0.178. The van der Waals surface area contributed by atoms with Crippen molar-refractivity contribution in [2.45, 2.75) is 44.0 Å². The number of anilines is 1. The summed E-state index contributed by atoms with van der Waals surface area (Å²) in [6, 6.07) is 8.57. The Balaban J connectivity index is 1.60. The fourth-order valence-corrected chi connectivity index (χ4v) is 5.82. The first-order valence-electron chi connectivity index (χ1n) is 12.6. The van der Waals surface area contributed by atoms with Gasteiger partial charge in [-0.05, 0) is 42.2 Å². The largest absolute Gasteiger partial charge is 0.469 e. The van der Waals surface area contributed by atoms with Gasteiger partial charge in [-0.25, -0.2) is 14.4 Å².